The molecule has 19 nitrogen and oxygen atoms in total. The number of unbranched alkanes of at least 4 members (excludes halogenated alkanes) is 12. The summed E-state index contributed by atoms with van der Waals surface area (Å²) in [5.41, 5.74) is 3.95. The molecule has 0 bridgehead atoms. The second-order valence-electron chi connectivity index (χ2n) is 15.0. The summed E-state index contributed by atoms with van der Waals surface area (Å²) < 4.78 is 24.0. The number of ether oxygens (including phenoxy) is 4. The van der Waals surface area contributed by atoms with Gasteiger partial charge in [-0.1, -0.05) is 84.0 Å². The summed E-state index contributed by atoms with van der Waals surface area (Å²) in [6.45, 7) is 1.59. The van der Waals surface area contributed by atoms with Crippen LogP contribution in [0.2, 0.25) is 0 Å². The normalized spacial score (nSPS) is 31.4. The maximum atomic E-state index is 14.1. The number of hydrogen-bond acceptors (Lipinski definition) is 15. The molecule has 19 heteroatoms. The number of carboxylic acids is 1. The van der Waals surface area contributed by atoms with E-state index in [9.17, 15) is 49.5 Å². The number of nitrogens with two attached hydrogens (primary N) is 1. The van der Waals surface area contributed by atoms with Crippen LogP contribution in [0.5, 0.6) is 0 Å². The third-order valence-corrected chi connectivity index (χ3v) is 10.8. The first-order valence-electron chi connectivity index (χ1n) is 19.9. The summed E-state index contributed by atoms with van der Waals surface area (Å²) in [4.78, 5) is 66.7. The molecule has 3 aliphatic rings. The molecule has 0 aromatic carbocycles. The molecule has 4 heterocycles. The van der Waals surface area contributed by atoms with Gasteiger partial charge in [-0.05, 0) is 6.42 Å². The third kappa shape index (κ3) is 11.7. The summed E-state index contributed by atoms with van der Waals surface area (Å²) >= 11 is 0. The topological polar surface area (TPSA) is 285 Å². The zero-order valence-electron chi connectivity index (χ0n) is 32.3. The second-order valence-corrected chi connectivity index (χ2v) is 15.0. The average molecular weight is 800 g/mol. The molecule has 9 N–H and O–H groups in total. The van der Waals surface area contributed by atoms with E-state index in [4.69, 9.17) is 24.7 Å². The fourth-order valence-corrected chi connectivity index (χ4v) is 7.59. The Labute approximate surface area is 325 Å². The SMILES string of the molecule is CCCCCCCCCCCCCCCC(=O)O[C@H]1CN[C@@H](C(O[C@@H]2O[C@H](CN)[C@@H](O)[C@H]2O)[C@H]2O[C@@H](n3ccc(=O)[nH]c3=O)[C@H](O)[C@@H]2O)C(=O)N(C)[C@@H]1C(=O)O. The van der Waals surface area contributed by atoms with Crippen LogP contribution in [0.4, 0.5) is 0 Å². The summed E-state index contributed by atoms with van der Waals surface area (Å²) in [5.74, 6) is -3.03. The standard InChI is InChI=1S/C37H61N5O14/c1-3-4-5-6-7-8-9-10-11-12-13-14-15-16-24(44)53-22-20-39-25(33(49)41(2)26(22)35(50)51)31(56-36-30(48)27(45)21(19-38)54-36)32-28(46)29(47)34(55-32)42-18-17-23(43)40-37(42)52/h17-18,21-22,25-32,34,36,39,45-48H,3-16,19-20,38H2,1-2H3,(H,50,51)(H,40,43,52)/t21-,22+,25+,26+,27-,28+,29-,30-,31?,32+,34-,36+/m1/s1. The molecule has 0 saturated carbocycles. The number of aromatic nitrogens is 2. The quantitative estimate of drug-likeness (QED) is 0.0528. The van der Waals surface area contributed by atoms with Crippen LogP contribution in [0.15, 0.2) is 21.9 Å². The molecule has 0 aliphatic carbocycles. The number of aliphatic hydroxyl groups excluding tert-OH is 4. The number of esters is 1. The third-order valence-electron chi connectivity index (χ3n) is 10.8. The number of rotatable bonds is 22. The lowest BCUT2D eigenvalue weighted by molar-refractivity contribution is -0.227. The first-order valence-corrected chi connectivity index (χ1v) is 19.9. The lowest BCUT2D eigenvalue weighted by atomic mass is 9.98. The van der Waals surface area contributed by atoms with Gasteiger partial charge in [-0.2, -0.15) is 0 Å². The van der Waals surface area contributed by atoms with Crippen molar-refractivity contribution in [2.24, 2.45) is 5.73 Å². The van der Waals surface area contributed by atoms with Crippen LogP contribution >= 0.6 is 0 Å². The van der Waals surface area contributed by atoms with Crippen molar-refractivity contribution < 1.29 is 58.9 Å². The summed E-state index contributed by atoms with van der Waals surface area (Å²) in [7, 11) is 1.18. The number of likely N-dealkylation sites (N-methyl/N-ethyl adjacent to an activating group) is 1. The molecule has 0 radical (unpaired) electrons. The van der Waals surface area contributed by atoms with Crippen LogP contribution in [-0.2, 0) is 33.3 Å². The highest BCUT2D eigenvalue weighted by atomic mass is 16.7. The van der Waals surface area contributed by atoms with Gasteiger partial charge in [-0.3, -0.25) is 29.3 Å². The van der Waals surface area contributed by atoms with E-state index in [2.05, 4.69) is 12.2 Å². The Morgan fingerprint density at radius 2 is 1.50 bits per heavy atom. The number of H-pyrrole nitrogens is 1. The zero-order chi connectivity index (χ0) is 40.9. The van der Waals surface area contributed by atoms with Gasteiger partial charge in [-0.25, -0.2) is 9.59 Å². The Kier molecular flexibility index (Phi) is 17.9. The van der Waals surface area contributed by atoms with Gasteiger partial charge in [-0.15, -0.1) is 0 Å². The van der Waals surface area contributed by atoms with Gasteiger partial charge in [0.2, 0.25) is 5.91 Å². The molecule has 4 rings (SSSR count). The minimum absolute atomic E-state index is 0.0421. The Morgan fingerprint density at radius 1 is 0.893 bits per heavy atom. The number of amides is 1. The maximum Gasteiger partial charge on any atom is 0.330 e. The summed E-state index contributed by atoms with van der Waals surface area (Å²) in [6, 6.07) is -2.27. The predicted molar refractivity (Wildman–Crippen MR) is 198 cm³/mol. The molecule has 3 saturated heterocycles. The molecule has 318 valence electrons. The Morgan fingerprint density at radius 3 is 2.05 bits per heavy atom. The van der Waals surface area contributed by atoms with Crippen LogP contribution in [0.25, 0.3) is 0 Å². The number of carbonyl (C=O) groups is 3. The van der Waals surface area contributed by atoms with E-state index in [1.165, 1.54) is 58.4 Å². The molecule has 0 spiro atoms. The first kappa shape index (κ1) is 45.4. The minimum atomic E-state index is -1.87. The molecule has 3 aliphatic heterocycles. The van der Waals surface area contributed by atoms with Gasteiger partial charge in [0.05, 0.1) is 0 Å². The predicted octanol–water partition coefficient (Wildman–Crippen LogP) is -0.777. The van der Waals surface area contributed by atoms with Crippen molar-refractivity contribution in [3.05, 3.63) is 33.1 Å². The van der Waals surface area contributed by atoms with Crippen LogP contribution in [0.1, 0.15) is 103 Å². The van der Waals surface area contributed by atoms with Gasteiger partial charge >= 0.3 is 17.6 Å². The fourth-order valence-electron chi connectivity index (χ4n) is 7.59. The van der Waals surface area contributed by atoms with E-state index in [0.29, 0.717) is 6.42 Å². The molecule has 1 amide bonds. The first-order chi connectivity index (χ1) is 26.8. The number of nitrogens with one attached hydrogen (secondary N) is 2. The monoisotopic (exact) mass is 799 g/mol. The van der Waals surface area contributed by atoms with Gasteiger partial charge in [0.25, 0.3) is 5.56 Å². The van der Waals surface area contributed by atoms with Crippen LogP contribution in [0, 0.1) is 0 Å². The van der Waals surface area contributed by atoms with E-state index in [1.54, 1.807) is 0 Å². The number of nitrogens with zero attached hydrogens (tertiary/aromatic N) is 2. The Bertz CT molecular complexity index is 1530. The maximum absolute atomic E-state index is 14.1. The Hall–Kier alpha value is -3.27. The van der Waals surface area contributed by atoms with Crippen molar-refractivity contribution in [3.8, 4) is 0 Å². The molecular weight excluding hydrogens is 738 g/mol. The van der Waals surface area contributed by atoms with Crippen molar-refractivity contribution in [1.29, 1.82) is 0 Å². The lowest BCUT2D eigenvalue weighted by Gasteiger charge is -2.35. The van der Waals surface area contributed by atoms with Gasteiger partial charge < -0.3 is 55.1 Å². The van der Waals surface area contributed by atoms with Crippen LogP contribution < -0.4 is 22.3 Å². The smallest absolute Gasteiger partial charge is 0.330 e. The van der Waals surface area contributed by atoms with E-state index in [-0.39, 0.29) is 13.0 Å². The van der Waals surface area contributed by atoms with Crippen LogP contribution in [-0.4, -0.2) is 145 Å². The molecule has 1 unspecified atom stereocenters. The lowest BCUT2D eigenvalue weighted by Crippen LogP contribution is -2.59. The van der Waals surface area contributed by atoms with Crippen molar-refractivity contribution in [2.45, 2.75) is 170 Å². The summed E-state index contributed by atoms with van der Waals surface area (Å²) in [5, 5.41) is 56.5. The van der Waals surface area contributed by atoms with Gasteiger partial charge in [0.1, 0.15) is 54.9 Å². The fraction of sp³-hybridized carbons (Fsp3) is 0.811. The molecular formula is C37H61N5O14. The van der Waals surface area contributed by atoms with Crippen molar-refractivity contribution in [1.82, 2.24) is 19.8 Å². The highest BCUT2D eigenvalue weighted by molar-refractivity contribution is 5.88. The molecule has 1 aromatic rings. The van der Waals surface area contributed by atoms with Crippen molar-refractivity contribution in [2.75, 3.05) is 20.1 Å². The van der Waals surface area contributed by atoms with E-state index in [1.807, 2.05) is 4.98 Å². The number of carboxylic acid groups (broad SMARTS) is 1. The van der Waals surface area contributed by atoms with Crippen LogP contribution in [0.3, 0.4) is 0 Å². The summed E-state index contributed by atoms with van der Waals surface area (Å²) in [6.07, 6.45) is -0.326. The highest BCUT2D eigenvalue weighted by Crippen LogP contribution is 2.35. The van der Waals surface area contributed by atoms with E-state index in [0.717, 1.165) is 47.4 Å². The van der Waals surface area contributed by atoms with E-state index >= 15 is 0 Å². The number of carbonyl (C=O) groups excluding carboxylic acids is 2. The molecule has 56 heavy (non-hydrogen) atoms. The molecule has 3 fully saturated rings. The van der Waals surface area contributed by atoms with E-state index < -0.39 is 109 Å². The highest BCUT2D eigenvalue weighted by Gasteiger charge is 2.56. The number of hydrogen-bond donors (Lipinski definition) is 8. The van der Waals surface area contributed by atoms with Crippen molar-refractivity contribution in [3.63, 3.8) is 0 Å². The second kappa shape index (κ2) is 22.0. The van der Waals surface area contributed by atoms with Gasteiger partial charge in [0, 0.05) is 38.8 Å². The molecule has 1 aromatic heterocycles. The van der Waals surface area contributed by atoms with Crippen molar-refractivity contribution >= 4 is 17.8 Å². The van der Waals surface area contributed by atoms with Gasteiger partial charge in [0.15, 0.2) is 18.6 Å². The average Bonchev–Trinajstić information content (AvgIpc) is 3.56. The molecule has 12 atom stereocenters. The number of aliphatic carboxylic acids is 1. The minimum Gasteiger partial charge on any atom is -0.480 e. The zero-order valence-corrected chi connectivity index (χ0v) is 32.3. The number of aromatic amines is 1. The largest absolute Gasteiger partial charge is 0.480 e. The number of aliphatic hydroxyl groups is 4. The Balaban J connectivity index is 1.42.